The van der Waals surface area contributed by atoms with Crippen LogP contribution in [0.2, 0.25) is 0 Å². The predicted molar refractivity (Wildman–Crippen MR) is 157 cm³/mol. The number of amides is 1. The van der Waals surface area contributed by atoms with Gasteiger partial charge in [0.2, 0.25) is 0 Å². The second kappa shape index (κ2) is 13.9. The number of nitrogens with zero attached hydrogens (tertiary/aromatic N) is 1. The van der Waals surface area contributed by atoms with Gasteiger partial charge in [-0.05, 0) is 6.42 Å². The molecule has 46 heavy (non-hydrogen) atoms. The summed E-state index contributed by atoms with van der Waals surface area (Å²) < 4.78 is 17.9. The van der Waals surface area contributed by atoms with Gasteiger partial charge in [0.15, 0.2) is 17.9 Å². The standard InChI is InChI=1S/C26H49N9O11/c27-3-10-17(38)20(41)15(33-7-4-32-5-7)22(44-10)13-8(28)1-9(34-24(42)26(43)2-12(26)35-25(30)31)21(18(13)39)46-23-19(40)14(29)16(37)11(6-36)45-23/h7-23,32-33,36-41,43H,1-6,27-29H2,(H,34,42)(H4,30,31,35). The van der Waals surface area contributed by atoms with Gasteiger partial charge in [-0.3, -0.25) is 4.79 Å². The molecule has 0 aromatic rings. The molecule has 0 bridgehead atoms. The molecular weight excluding hydrogens is 614 g/mol. The van der Waals surface area contributed by atoms with Gasteiger partial charge in [0, 0.05) is 44.1 Å². The summed E-state index contributed by atoms with van der Waals surface area (Å²) in [6, 6.07) is -5.20. The van der Waals surface area contributed by atoms with Crippen molar-refractivity contribution in [2.45, 2.75) is 116 Å². The van der Waals surface area contributed by atoms with Gasteiger partial charge in [-0.15, -0.1) is 0 Å². The van der Waals surface area contributed by atoms with Gasteiger partial charge in [-0.25, -0.2) is 4.99 Å². The number of aliphatic hydroxyl groups excluding tert-OH is 6. The molecule has 264 valence electrons. The molecule has 2 aliphatic carbocycles. The van der Waals surface area contributed by atoms with Crippen molar-refractivity contribution in [2.24, 2.45) is 39.6 Å². The Bertz CT molecular complexity index is 1100. The van der Waals surface area contributed by atoms with Crippen molar-refractivity contribution in [3.05, 3.63) is 0 Å². The van der Waals surface area contributed by atoms with Gasteiger partial charge >= 0.3 is 0 Å². The normalized spacial score (nSPS) is 49.5. The third kappa shape index (κ3) is 6.70. The molecule has 3 heterocycles. The highest BCUT2D eigenvalue weighted by molar-refractivity contribution is 5.90. The molecule has 0 aromatic heterocycles. The monoisotopic (exact) mass is 663 g/mol. The number of carbonyl (C=O) groups excluding carboxylic acids is 1. The number of hydrogen-bond donors (Lipinski definition) is 15. The molecule has 3 saturated heterocycles. The molecule has 5 aliphatic rings. The van der Waals surface area contributed by atoms with Gasteiger partial charge in [-0.2, -0.15) is 0 Å². The van der Waals surface area contributed by atoms with Gasteiger partial charge in [0.25, 0.3) is 5.91 Å². The Kier molecular flexibility index (Phi) is 10.7. The SMILES string of the molecule is NCC1OC(C2C(N)CC(NC(=O)C3(O)CC3N=C(N)N)C(OC3OC(CO)C(O)C(N)C3O)C2O)C(NC2CNC2)C(O)C1O. The van der Waals surface area contributed by atoms with Crippen molar-refractivity contribution in [1.82, 2.24) is 16.0 Å². The van der Waals surface area contributed by atoms with Crippen LogP contribution in [0.3, 0.4) is 0 Å². The molecular formula is C26H49N9O11. The molecule has 0 radical (unpaired) electrons. The molecule has 0 spiro atoms. The Morgan fingerprint density at radius 1 is 1.00 bits per heavy atom. The highest BCUT2D eigenvalue weighted by Gasteiger charge is 2.62. The molecule has 5 fully saturated rings. The van der Waals surface area contributed by atoms with Crippen molar-refractivity contribution in [3.63, 3.8) is 0 Å². The number of nitrogens with one attached hydrogen (secondary N) is 3. The third-order valence-electron chi connectivity index (χ3n) is 9.89. The summed E-state index contributed by atoms with van der Waals surface area (Å²) in [6.45, 7) is 0.361. The summed E-state index contributed by atoms with van der Waals surface area (Å²) in [5, 5.41) is 84.6. The minimum Gasteiger partial charge on any atom is -0.394 e. The zero-order valence-corrected chi connectivity index (χ0v) is 25.2. The fraction of sp³-hybridized carbons (Fsp3) is 0.923. The van der Waals surface area contributed by atoms with Crippen molar-refractivity contribution in [1.29, 1.82) is 0 Å². The average molecular weight is 664 g/mol. The van der Waals surface area contributed by atoms with Gasteiger partial charge < -0.3 is 94.6 Å². The third-order valence-corrected chi connectivity index (χ3v) is 9.89. The minimum atomic E-state index is -1.94. The topological polar surface area (TPSA) is 365 Å². The van der Waals surface area contributed by atoms with Gasteiger partial charge in [0.1, 0.15) is 36.6 Å². The van der Waals surface area contributed by atoms with Gasteiger partial charge in [0.05, 0.1) is 49.1 Å². The Balaban J connectivity index is 1.44. The number of nitrogens with two attached hydrogens (primary N) is 5. The van der Waals surface area contributed by atoms with Crippen LogP contribution in [0.1, 0.15) is 12.8 Å². The summed E-state index contributed by atoms with van der Waals surface area (Å²) in [5.74, 6) is -2.19. The van der Waals surface area contributed by atoms with Crippen molar-refractivity contribution in [2.75, 3.05) is 26.2 Å². The van der Waals surface area contributed by atoms with Crippen LogP contribution in [0.25, 0.3) is 0 Å². The fourth-order valence-electron chi connectivity index (χ4n) is 6.93. The van der Waals surface area contributed by atoms with Crippen LogP contribution in [0.5, 0.6) is 0 Å². The Labute approximate surface area is 264 Å². The van der Waals surface area contributed by atoms with Crippen molar-refractivity contribution in [3.8, 4) is 0 Å². The number of guanidine groups is 1. The maximum absolute atomic E-state index is 13.3. The second-order valence-corrected chi connectivity index (χ2v) is 13.0. The van der Waals surface area contributed by atoms with E-state index < -0.39 is 115 Å². The lowest BCUT2D eigenvalue weighted by Gasteiger charge is -2.53. The quantitative estimate of drug-likeness (QED) is 0.0761. The van der Waals surface area contributed by atoms with Gasteiger partial charge in [-0.1, -0.05) is 0 Å². The summed E-state index contributed by atoms with van der Waals surface area (Å²) in [5.41, 5.74) is 27.3. The van der Waals surface area contributed by atoms with E-state index in [1.165, 1.54) is 0 Å². The number of ether oxygens (including phenoxy) is 3. The van der Waals surface area contributed by atoms with E-state index in [1.807, 2.05) is 0 Å². The molecule has 3 aliphatic heterocycles. The molecule has 5 rings (SSSR count). The van der Waals surface area contributed by atoms with Crippen molar-refractivity contribution >= 4 is 11.9 Å². The lowest BCUT2D eigenvalue weighted by Crippen LogP contribution is -2.74. The van der Waals surface area contributed by atoms with Crippen LogP contribution < -0.4 is 44.6 Å². The first kappa shape index (κ1) is 35.4. The maximum atomic E-state index is 13.3. The molecule has 0 aromatic carbocycles. The highest BCUT2D eigenvalue weighted by atomic mass is 16.7. The number of aliphatic hydroxyl groups is 7. The predicted octanol–water partition coefficient (Wildman–Crippen LogP) is -9.51. The molecule has 1 amide bonds. The Morgan fingerprint density at radius 3 is 2.28 bits per heavy atom. The molecule has 17 atom stereocenters. The largest absolute Gasteiger partial charge is 0.394 e. The Hall–Kier alpha value is -1.86. The number of hydrogen-bond acceptors (Lipinski definition) is 17. The maximum Gasteiger partial charge on any atom is 0.254 e. The number of aliphatic imine (C=N–C) groups is 1. The molecule has 17 unspecified atom stereocenters. The van der Waals surface area contributed by atoms with Crippen molar-refractivity contribution < 1.29 is 54.8 Å². The highest BCUT2D eigenvalue weighted by Crippen LogP contribution is 2.41. The van der Waals surface area contributed by atoms with E-state index in [1.54, 1.807) is 0 Å². The second-order valence-electron chi connectivity index (χ2n) is 13.0. The first-order chi connectivity index (χ1) is 21.7. The summed E-state index contributed by atoms with van der Waals surface area (Å²) in [7, 11) is 0. The van der Waals surface area contributed by atoms with E-state index in [4.69, 9.17) is 42.9 Å². The Morgan fingerprint density at radius 2 is 1.70 bits per heavy atom. The first-order valence-electron chi connectivity index (χ1n) is 15.5. The number of rotatable bonds is 10. The fourth-order valence-corrected chi connectivity index (χ4v) is 6.93. The van der Waals surface area contributed by atoms with Crippen LogP contribution in [0.4, 0.5) is 0 Å². The lowest BCUT2D eigenvalue weighted by molar-refractivity contribution is -0.308. The number of carbonyl (C=O) groups is 1. The minimum absolute atomic E-state index is 0.0639. The summed E-state index contributed by atoms with van der Waals surface area (Å²) in [4.78, 5) is 17.1. The van der Waals surface area contributed by atoms with E-state index in [9.17, 15) is 40.5 Å². The average Bonchev–Trinajstić information content (AvgIpc) is 3.64. The van der Waals surface area contributed by atoms with E-state index in [0.29, 0.717) is 13.1 Å². The van der Waals surface area contributed by atoms with E-state index in [2.05, 4.69) is 20.9 Å². The molecule has 2 saturated carbocycles. The zero-order chi connectivity index (χ0) is 33.7. The smallest absolute Gasteiger partial charge is 0.254 e. The van der Waals surface area contributed by atoms with Crippen LogP contribution in [-0.2, 0) is 19.0 Å². The summed E-state index contributed by atoms with van der Waals surface area (Å²) in [6.07, 6.45) is -13.7. The molecule has 20 heteroatoms. The first-order valence-corrected chi connectivity index (χ1v) is 15.5. The van der Waals surface area contributed by atoms with Crippen LogP contribution in [-0.4, -0.2) is 177 Å². The molecule has 20 N–H and O–H groups in total. The van der Waals surface area contributed by atoms with Crippen LogP contribution in [0, 0.1) is 5.92 Å². The van der Waals surface area contributed by atoms with E-state index in [-0.39, 0.29) is 31.4 Å². The zero-order valence-electron chi connectivity index (χ0n) is 25.2. The van der Waals surface area contributed by atoms with E-state index >= 15 is 0 Å². The van der Waals surface area contributed by atoms with Crippen LogP contribution >= 0.6 is 0 Å². The van der Waals surface area contributed by atoms with E-state index in [0.717, 1.165) is 0 Å². The molecule has 20 nitrogen and oxygen atoms in total. The van der Waals surface area contributed by atoms with Crippen LogP contribution in [0.15, 0.2) is 4.99 Å². The lowest BCUT2D eigenvalue weighted by atomic mass is 9.71. The summed E-state index contributed by atoms with van der Waals surface area (Å²) >= 11 is 0.